The molecule has 19 heavy (non-hydrogen) atoms. The number of benzene rings is 2. The molecule has 0 aromatic heterocycles. The molecule has 0 fully saturated rings. The molecule has 0 saturated carbocycles. The Hall–Kier alpha value is -1.87. The van der Waals surface area contributed by atoms with Crippen molar-refractivity contribution in [3.8, 4) is 11.1 Å². The predicted molar refractivity (Wildman–Crippen MR) is 72.9 cm³/mol. The summed E-state index contributed by atoms with van der Waals surface area (Å²) in [5.41, 5.74) is 1.85. The minimum absolute atomic E-state index is 0.216. The van der Waals surface area contributed by atoms with Crippen molar-refractivity contribution in [1.82, 2.24) is 0 Å². The van der Waals surface area contributed by atoms with Crippen molar-refractivity contribution >= 4 is 17.6 Å². The summed E-state index contributed by atoms with van der Waals surface area (Å²) in [6.45, 7) is 1.86. The van der Waals surface area contributed by atoms with Crippen LogP contribution in [0.5, 0.6) is 0 Å². The number of carbonyl (C=O) groups excluding carboxylic acids is 1. The van der Waals surface area contributed by atoms with E-state index < -0.39 is 11.8 Å². The zero-order valence-electron chi connectivity index (χ0n) is 10.5. The largest absolute Gasteiger partial charge is 0.465 e. The molecule has 2 nitrogen and oxygen atoms in total. The quantitative estimate of drug-likeness (QED) is 0.768. The first-order valence-corrected chi connectivity index (χ1v) is 6.05. The van der Waals surface area contributed by atoms with E-state index in [9.17, 15) is 9.18 Å². The summed E-state index contributed by atoms with van der Waals surface area (Å²) in [4.78, 5) is 11.8. The number of rotatable bonds is 2. The maximum absolute atomic E-state index is 14.0. The fourth-order valence-electron chi connectivity index (χ4n) is 1.91. The van der Waals surface area contributed by atoms with Gasteiger partial charge in [0.1, 0.15) is 5.82 Å². The summed E-state index contributed by atoms with van der Waals surface area (Å²) in [6.07, 6.45) is 0. The van der Waals surface area contributed by atoms with E-state index in [1.807, 2.05) is 6.92 Å². The van der Waals surface area contributed by atoms with Crippen molar-refractivity contribution < 1.29 is 13.9 Å². The van der Waals surface area contributed by atoms with Crippen molar-refractivity contribution in [2.75, 3.05) is 7.11 Å². The highest BCUT2D eigenvalue weighted by Gasteiger charge is 2.18. The van der Waals surface area contributed by atoms with E-state index in [0.29, 0.717) is 11.1 Å². The number of halogens is 2. The molecule has 0 saturated heterocycles. The van der Waals surface area contributed by atoms with Crippen molar-refractivity contribution in [1.29, 1.82) is 0 Å². The topological polar surface area (TPSA) is 26.3 Å². The van der Waals surface area contributed by atoms with Crippen molar-refractivity contribution in [3.05, 3.63) is 58.4 Å². The van der Waals surface area contributed by atoms with Crippen molar-refractivity contribution in [2.45, 2.75) is 6.92 Å². The Labute approximate surface area is 115 Å². The highest BCUT2D eigenvalue weighted by Crippen LogP contribution is 2.33. The molecular weight excluding hydrogens is 267 g/mol. The minimum atomic E-state index is -0.519. The van der Waals surface area contributed by atoms with Gasteiger partial charge in [0.05, 0.1) is 17.7 Å². The molecule has 0 atom stereocenters. The molecule has 0 spiro atoms. The zero-order chi connectivity index (χ0) is 14.0. The average molecular weight is 279 g/mol. The fraction of sp³-hybridized carbons (Fsp3) is 0.133. The number of methoxy groups -OCH3 is 1. The SMILES string of the molecule is COC(=O)c1ccc(C)cc1-c1c(F)cccc1Cl. The van der Waals surface area contributed by atoms with Crippen LogP contribution in [0.15, 0.2) is 36.4 Å². The van der Waals surface area contributed by atoms with Gasteiger partial charge in [-0.1, -0.05) is 35.4 Å². The third kappa shape index (κ3) is 2.61. The van der Waals surface area contributed by atoms with Gasteiger partial charge in [-0.15, -0.1) is 0 Å². The molecule has 0 aliphatic heterocycles. The molecule has 0 bridgehead atoms. The molecule has 2 aromatic rings. The Kier molecular flexibility index (Phi) is 3.86. The summed E-state index contributed by atoms with van der Waals surface area (Å²) in [7, 11) is 1.29. The molecule has 0 N–H and O–H groups in total. The molecule has 0 unspecified atom stereocenters. The summed E-state index contributed by atoms with van der Waals surface area (Å²) >= 11 is 6.04. The van der Waals surface area contributed by atoms with Crippen LogP contribution in [0.1, 0.15) is 15.9 Å². The van der Waals surface area contributed by atoms with Crippen LogP contribution in [-0.4, -0.2) is 13.1 Å². The van der Waals surface area contributed by atoms with Gasteiger partial charge >= 0.3 is 5.97 Å². The van der Waals surface area contributed by atoms with E-state index in [1.165, 1.54) is 19.2 Å². The minimum Gasteiger partial charge on any atom is -0.465 e. The Morgan fingerprint density at radius 3 is 2.63 bits per heavy atom. The maximum atomic E-state index is 14.0. The van der Waals surface area contributed by atoms with Crippen LogP contribution >= 0.6 is 11.6 Å². The molecule has 0 radical (unpaired) electrons. The van der Waals surface area contributed by atoms with E-state index in [-0.39, 0.29) is 10.6 Å². The molecule has 98 valence electrons. The number of esters is 1. The second kappa shape index (κ2) is 5.41. The van der Waals surface area contributed by atoms with Gasteiger partial charge in [-0.25, -0.2) is 9.18 Å². The second-order valence-corrected chi connectivity index (χ2v) is 4.54. The molecule has 4 heteroatoms. The lowest BCUT2D eigenvalue weighted by Gasteiger charge is -2.11. The Morgan fingerprint density at radius 2 is 2.00 bits per heavy atom. The summed E-state index contributed by atoms with van der Waals surface area (Å²) in [5.74, 6) is -0.988. The second-order valence-electron chi connectivity index (χ2n) is 4.14. The maximum Gasteiger partial charge on any atom is 0.338 e. The lowest BCUT2D eigenvalue weighted by atomic mass is 9.97. The molecule has 2 aromatic carbocycles. The van der Waals surface area contributed by atoms with Crippen LogP contribution < -0.4 is 0 Å². The van der Waals surface area contributed by atoms with Crippen LogP contribution in [0.25, 0.3) is 11.1 Å². The Bertz CT molecular complexity index is 618. The van der Waals surface area contributed by atoms with Gasteiger partial charge in [0, 0.05) is 11.1 Å². The normalized spacial score (nSPS) is 10.3. The third-order valence-corrected chi connectivity index (χ3v) is 3.13. The Morgan fingerprint density at radius 1 is 1.26 bits per heavy atom. The first-order chi connectivity index (χ1) is 9.04. The number of ether oxygens (including phenoxy) is 1. The Balaban J connectivity index is 2.74. The van der Waals surface area contributed by atoms with Crippen LogP contribution in [-0.2, 0) is 4.74 Å². The monoisotopic (exact) mass is 278 g/mol. The van der Waals surface area contributed by atoms with E-state index in [4.69, 9.17) is 16.3 Å². The van der Waals surface area contributed by atoms with Crippen LogP contribution in [0.2, 0.25) is 5.02 Å². The smallest absolute Gasteiger partial charge is 0.338 e. The molecule has 0 amide bonds. The van der Waals surface area contributed by atoms with Gasteiger partial charge in [0.2, 0.25) is 0 Å². The first kappa shape index (κ1) is 13.6. The van der Waals surface area contributed by atoms with Crippen molar-refractivity contribution in [3.63, 3.8) is 0 Å². The highest BCUT2D eigenvalue weighted by atomic mass is 35.5. The van der Waals surface area contributed by atoms with Crippen molar-refractivity contribution in [2.24, 2.45) is 0 Å². The molecular formula is C15H12ClFO2. The molecule has 0 heterocycles. The highest BCUT2D eigenvalue weighted by molar-refractivity contribution is 6.33. The standard InChI is InChI=1S/C15H12ClFO2/c1-9-6-7-10(15(18)19-2)11(8-9)14-12(16)4-3-5-13(14)17/h3-8H,1-2H3. The van der Waals surface area contributed by atoms with E-state index in [2.05, 4.69) is 0 Å². The third-order valence-electron chi connectivity index (χ3n) is 2.81. The summed E-state index contributed by atoms with van der Waals surface area (Å²) < 4.78 is 18.7. The lowest BCUT2D eigenvalue weighted by molar-refractivity contribution is 0.0601. The van der Waals surface area contributed by atoms with Gasteiger partial charge in [0.25, 0.3) is 0 Å². The van der Waals surface area contributed by atoms with Crippen LogP contribution in [0, 0.1) is 12.7 Å². The number of hydrogen-bond donors (Lipinski definition) is 0. The molecule has 0 aliphatic rings. The molecule has 0 aliphatic carbocycles. The van der Waals surface area contributed by atoms with Gasteiger partial charge in [0.15, 0.2) is 0 Å². The van der Waals surface area contributed by atoms with Crippen LogP contribution in [0.4, 0.5) is 4.39 Å². The fourth-order valence-corrected chi connectivity index (χ4v) is 2.17. The summed E-state index contributed by atoms with van der Waals surface area (Å²) in [6, 6.07) is 9.52. The van der Waals surface area contributed by atoms with E-state index in [0.717, 1.165) is 5.56 Å². The number of hydrogen-bond acceptors (Lipinski definition) is 2. The van der Waals surface area contributed by atoms with Gasteiger partial charge in [-0.3, -0.25) is 0 Å². The number of carbonyl (C=O) groups is 1. The summed E-state index contributed by atoms with van der Waals surface area (Å²) in [5, 5.41) is 0.260. The molecule has 2 rings (SSSR count). The first-order valence-electron chi connectivity index (χ1n) is 5.68. The van der Waals surface area contributed by atoms with Crippen LogP contribution in [0.3, 0.4) is 0 Å². The lowest BCUT2D eigenvalue weighted by Crippen LogP contribution is -2.04. The zero-order valence-corrected chi connectivity index (χ0v) is 11.3. The average Bonchev–Trinajstić information content (AvgIpc) is 2.38. The van der Waals surface area contributed by atoms with E-state index >= 15 is 0 Å². The van der Waals surface area contributed by atoms with Gasteiger partial charge < -0.3 is 4.74 Å². The predicted octanol–water partition coefficient (Wildman–Crippen LogP) is 4.24. The van der Waals surface area contributed by atoms with Gasteiger partial charge in [-0.2, -0.15) is 0 Å². The van der Waals surface area contributed by atoms with Gasteiger partial charge in [-0.05, 0) is 25.1 Å². The number of aryl methyl sites for hydroxylation is 1. The van der Waals surface area contributed by atoms with E-state index in [1.54, 1.807) is 24.3 Å².